The van der Waals surface area contributed by atoms with Gasteiger partial charge in [-0.2, -0.15) is 0 Å². The van der Waals surface area contributed by atoms with Crippen molar-refractivity contribution in [2.24, 2.45) is 0 Å². The van der Waals surface area contributed by atoms with Gasteiger partial charge in [-0.25, -0.2) is 15.0 Å². The largest absolute Gasteiger partial charge is 0.476 e. The number of ether oxygens (including phenoxy) is 1. The van der Waals surface area contributed by atoms with E-state index in [0.717, 1.165) is 23.2 Å². The predicted molar refractivity (Wildman–Crippen MR) is 113 cm³/mol. The van der Waals surface area contributed by atoms with Gasteiger partial charge in [-0.15, -0.1) is 6.58 Å². The van der Waals surface area contributed by atoms with Crippen LogP contribution < -0.4 is 15.8 Å². The number of nitrogens with zero attached hydrogens (tertiary/aromatic N) is 3. The zero-order valence-electron chi connectivity index (χ0n) is 16.0. The molecule has 3 N–H and O–H groups in total. The highest BCUT2D eigenvalue weighted by Crippen LogP contribution is 2.16. The fourth-order valence-corrected chi connectivity index (χ4v) is 2.67. The number of hydrogen-bond acceptors (Lipinski definition) is 7. The minimum Gasteiger partial charge on any atom is -0.476 e. The summed E-state index contributed by atoms with van der Waals surface area (Å²) in [6.45, 7) is 4.69. The maximum atomic E-state index is 12.5. The maximum Gasteiger partial charge on any atom is 0.232 e. The van der Waals surface area contributed by atoms with Crippen molar-refractivity contribution in [2.75, 3.05) is 17.7 Å². The van der Waals surface area contributed by atoms with E-state index < -0.39 is 0 Å². The third-order valence-corrected chi connectivity index (χ3v) is 4.16. The molecular weight excluding hydrogens is 366 g/mol. The Labute approximate surface area is 169 Å². The monoisotopic (exact) mass is 389 g/mol. The SMILES string of the molecule is C=CCCOc1cnc(C(=O)Cc2cccc(CNc3cccnc3N)c2)cn1. The van der Waals surface area contributed by atoms with Gasteiger partial charge in [0.1, 0.15) is 11.5 Å². The van der Waals surface area contributed by atoms with Crippen LogP contribution in [0.4, 0.5) is 11.5 Å². The number of pyridine rings is 1. The topological polar surface area (TPSA) is 103 Å². The number of hydrogen-bond donors (Lipinski definition) is 2. The van der Waals surface area contributed by atoms with Crippen molar-refractivity contribution in [1.82, 2.24) is 15.0 Å². The molecule has 0 atom stereocenters. The first-order valence-corrected chi connectivity index (χ1v) is 9.27. The highest BCUT2D eigenvalue weighted by Gasteiger charge is 2.10. The molecule has 0 amide bonds. The van der Waals surface area contributed by atoms with Crippen molar-refractivity contribution in [1.29, 1.82) is 0 Å². The lowest BCUT2D eigenvalue weighted by molar-refractivity contribution is 0.0987. The number of ketones is 1. The Morgan fingerprint density at radius 1 is 1.14 bits per heavy atom. The highest BCUT2D eigenvalue weighted by atomic mass is 16.5. The van der Waals surface area contributed by atoms with Crippen molar-refractivity contribution < 1.29 is 9.53 Å². The Kier molecular flexibility index (Phi) is 6.89. The van der Waals surface area contributed by atoms with Crippen molar-refractivity contribution in [2.45, 2.75) is 19.4 Å². The minimum atomic E-state index is -0.100. The molecule has 1 aromatic carbocycles. The Balaban J connectivity index is 1.58. The summed E-state index contributed by atoms with van der Waals surface area (Å²) in [5.74, 6) is 0.747. The average molecular weight is 389 g/mol. The zero-order valence-corrected chi connectivity index (χ0v) is 16.0. The summed E-state index contributed by atoms with van der Waals surface area (Å²) < 4.78 is 5.41. The van der Waals surface area contributed by atoms with Gasteiger partial charge in [0, 0.05) is 19.2 Å². The molecule has 3 aromatic rings. The van der Waals surface area contributed by atoms with E-state index in [1.54, 1.807) is 12.3 Å². The second kappa shape index (κ2) is 9.98. The Hall–Kier alpha value is -3.74. The third kappa shape index (κ3) is 5.87. The lowest BCUT2D eigenvalue weighted by Crippen LogP contribution is -2.08. The second-order valence-corrected chi connectivity index (χ2v) is 6.38. The van der Waals surface area contributed by atoms with E-state index in [0.29, 0.717) is 30.5 Å². The van der Waals surface area contributed by atoms with E-state index >= 15 is 0 Å². The van der Waals surface area contributed by atoms with Gasteiger partial charge < -0.3 is 15.8 Å². The molecule has 0 fully saturated rings. The molecule has 0 saturated heterocycles. The summed E-state index contributed by atoms with van der Waals surface area (Å²) in [5.41, 5.74) is 8.88. The normalized spacial score (nSPS) is 10.3. The molecular formula is C22H23N5O2. The van der Waals surface area contributed by atoms with Gasteiger partial charge in [0.25, 0.3) is 0 Å². The van der Waals surface area contributed by atoms with Crippen molar-refractivity contribution in [3.8, 4) is 5.88 Å². The molecule has 7 heteroatoms. The maximum absolute atomic E-state index is 12.5. The van der Waals surface area contributed by atoms with Crippen LogP contribution >= 0.6 is 0 Å². The van der Waals surface area contributed by atoms with Gasteiger partial charge >= 0.3 is 0 Å². The Bertz CT molecular complexity index is 973. The minimum absolute atomic E-state index is 0.100. The van der Waals surface area contributed by atoms with Crippen LogP contribution in [-0.4, -0.2) is 27.3 Å². The second-order valence-electron chi connectivity index (χ2n) is 6.38. The van der Waals surface area contributed by atoms with Crippen LogP contribution in [0.5, 0.6) is 5.88 Å². The van der Waals surface area contributed by atoms with Gasteiger partial charge in [0.05, 0.1) is 24.7 Å². The first-order valence-electron chi connectivity index (χ1n) is 9.27. The number of nitrogens with two attached hydrogens (primary N) is 1. The molecule has 7 nitrogen and oxygen atoms in total. The number of nitrogen functional groups attached to an aromatic ring is 1. The van der Waals surface area contributed by atoms with Crippen molar-refractivity contribution in [3.63, 3.8) is 0 Å². The molecule has 148 valence electrons. The molecule has 0 spiro atoms. The van der Waals surface area contributed by atoms with Gasteiger partial charge in [-0.05, 0) is 29.7 Å². The fourth-order valence-electron chi connectivity index (χ4n) is 2.67. The molecule has 2 aromatic heterocycles. The molecule has 3 rings (SSSR count). The average Bonchev–Trinajstić information content (AvgIpc) is 2.74. The van der Waals surface area contributed by atoms with Crippen LogP contribution in [-0.2, 0) is 13.0 Å². The van der Waals surface area contributed by atoms with Gasteiger partial charge in [-0.1, -0.05) is 30.3 Å². The highest BCUT2D eigenvalue weighted by molar-refractivity contribution is 5.95. The van der Waals surface area contributed by atoms with E-state index in [1.165, 1.54) is 12.4 Å². The zero-order chi connectivity index (χ0) is 20.5. The summed E-state index contributed by atoms with van der Waals surface area (Å²) in [6.07, 6.45) is 7.29. The number of benzene rings is 1. The smallest absolute Gasteiger partial charge is 0.232 e. The number of carbonyl (C=O) groups excluding carboxylic acids is 1. The molecule has 0 unspecified atom stereocenters. The molecule has 0 aliphatic rings. The number of anilines is 2. The van der Waals surface area contributed by atoms with Crippen molar-refractivity contribution >= 4 is 17.3 Å². The van der Waals surface area contributed by atoms with Crippen LogP contribution in [0, 0.1) is 0 Å². The van der Waals surface area contributed by atoms with E-state index in [1.807, 2.05) is 36.4 Å². The van der Waals surface area contributed by atoms with Crippen LogP contribution in [0.1, 0.15) is 28.0 Å². The van der Waals surface area contributed by atoms with Crippen LogP contribution in [0.2, 0.25) is 0 Å². The standard InChI is InChI=1S/C22H23N5O2/c1-2-3-10-29-21-15-26-19(14-27-21)20(28)12-16-6-4-7-17(11-16)13-25-18-8-5-9-24-22(18)23/h2,4-9,11,14-15,25H,1,3,10,12-13H2,(H2,23,24). The molecule has 0 aliphatic heterocycles. The van der Waals surface area contributed by atoms with Crippen LogP contribution in [0.25, 0.3) is 0 Å². The number of Topliss-reactive ketones (excluding diaryl/α,β-unsaturated/α-hetero) is 1. The third-order valence-electron chi connectivity index (χ3n) is 4.16. The summed E-state index contributed by atoms with van der Waals surface area (Å²) in [5, 5.41) is 3.25. The molecule has 2 heterocycles. The van der Waals surface area contributed by atoms with E-state index in [9.17, 15) is 4.79 Å². The molecule has 29 heavy (non-hydrogen) atoms. The number of carbonyl (C=O) groups is 1. The van der Waals surface area contributed by atoms with E-state index in [2.05, 4.69) is 26.8 Å². The number of rotatable bonds is 10. The molecule has 0 bridgehead atoms. The van der Waals surface area contributed by atoms with E-state index in [-0.39, 0.29) is 12.2 Å². The lowest BCUT2D eigenvalue weighted by atomic mass is 10.0. The summed E-state index contributed by atoms with van der Waals surface area (Å²) >= 11 is 0. The quantitative estimate of drug-likeness (QED) is 0.311. The van der Waals surface area contributed by atoms with E-state index in [4.69, 9.17) is 10.5 Å². The summed E-state index contributed by atoms with van der Waals surface area (Å²) in [7, 11) is 0. The van der Waals surface area contributed by atoms with Crippen LogP contribution in [0.3, 0.4) is 0 Å². The molecule has 0 radical (unpaired) electrons. The van der Waals surface area contributed by atoms with Gasteiger partial charge in [0.15, 0.2) is 5.78 Å². The first-order chi connectivity index (χ1) is 14.2. The molecule has 0 saturated carbocycles. The summed E-state index contributed by atoms with van der Waals surface area (Å²) in [6, 6.07) is 11.5. The Morgan fingerprint density at radius 3 is 2.76 bits per heavy atom. The van der Waals surface area contributed by atoms with Gasteiger partial charge in [0.2, 0.25) is 5.88 Å². The van der Waals surface area contributed by atoms with Gasteiger partial charge in [-0.3, -0.25) is 4.79 Å². The first kappa shape index (κ1) is 20.0. The van der Waals surface area contributed by atoms with Crippen molar-refractivity contribution in [3.05, 3.63) is 84.5 Å². The Morgan fingerprint density at radius 2 is 2.00 bits per heavy atom. The fraction of sp³-hybridized carbons (Fsp3) is 0.182. The number of nitrogens with one attached hydrogen (secondary N) is 1. The molecule has 0 aliphatic carbocycles. The number of aromatic nitrogens is 3. The predicted octanol–water partition coefficient (Wildman–Crippen LogP) is 3.45. The lowest BCUT2D eigenvalue weighted by Gasteiger charge is -2.09. The summed E-state index contributed by atoms with van der Waals surface area (Å²) in [4.78, 5) is 24.9. The van der Waals surface area contributed by atoms with Crippen LogP contribution in [0.15, 0.2) is 67.6 Å².